The van der Waals surface area contributed by atoms with E-state index >= 15 is 0 Å². The number of nitrogens with zero attached hydrogens (tertiary/aromatic N) is 4. The van der Waals surface area contributed by atoms with Gasteiger partial charge in [0.1, 0.15) is 0 Å². The number of aromatic nitrogens is 3. The fraction of sp³-hybridized carbons (Fsp3) is 0. The summed E-state index contributed by atoms with van der Waals surface area (Å²) in [7, 11) is 0. The molecule has 0 N–H and O–H groups in total. The normalized spacial score (nSPS) is 11.4. The SMILES string of the molecule is N#Cc1ccc(-n2c3ccccc3c3c2ccc2c4ccccc4n(-c4ccccc4-c4cc(-c5ccccc5)nc(-c5ccccc5)c4)c23)cc1. The molecule has 4 heteroatoms. The maximum atomic E-state index is 9.52. The maximum absolute atomic E-state index is 9.52. The zero-order valence-corrected chi connectivity index (χ0v) is 28.1. The van der Waals surface area contributed by atoms with E-state index in [1.807, 2.05) is 36.4 Å². The second-order valence-electron chi connectivity index (χ2n) is 13.1. The van der Waals surface area contributed by atoms with Crippen molar-refractivity contribution < 1.29 is 0 Å². The molecule has 52 heavy (non-hydrogen) atoms. The first kappa shape index (κ1) is 29.7. The largest absolute Gasteiger partial charge is 0.309 e. The summed E-state index contributed by atoms with van der Waals surface area (Å²) in [5.74, 6) is 0. The average molecular weight is 663 g/mol. The van der Waals surface area contributed by atoms with Gasteiger partial charge in [-0.25, -0.2) is 4.98 Å². The fourth-order valence-corrected chi connectivity index (χ4v) is 7.83. The Bertz CT molecular complexity index is 2940. The van der Waals surface area contributed by atoms with Crippen LogP contribution in [-0.2, 0) is 0 Å². The maximum Gasteiger partial charge on any atom is 0.0991 e. The van der Waals surface area contributed by atoms with Gasteiger partial charge < -0.3 is 9.13 Å². The molecule has 4 nitrogen and oxygen atoms in total. The van der Waals surface area contributed by atoms with Gasteiger partial charge in [0, 0.05) is 43.9 Å². The van der Waals surface area contributed by atoms with E-state index in [-0.39, 0.29) is 0 Å². The van der Waals surface area contributed by atoms with Crippen molar-refractivity contribution in [2.45, 2.75) is 0 Å². The van der Waals surface area contributed by atoms with E-state index in [2.05, 4.69) is 161 Å². The van der Waals surface area contributed by atoms with Crippen molar-refractivity contribution in [1.29, 1.82) is 5.26 Å². The van der Waals surface area contributed by atoms with Crippen LogP contribution in [0.25, 0.3) is 88.6 Å². The van der Waals surface area contributed by atoms with E-state index < -0.39 is 0 Å². The number of benzene rings is 7. The average Bonchev–Trinajstić information content (AvgIpc) is 3.74. The molecule has 0 saturated carbocycles. The smallest absolute Gasteiger partial charge is 0.0991 e. The molecule has 3 aromatic heterocycles. The van der Waals surface area contributed by atoms with E-state index in [9.17, 15) is 5.26 Å². The van der Waals surface area contributed by atoms with Gasteiger partial charge in [0.25, 0.3) is 0 Å². The van der Waals surface area contributed by atoms with Gasteiger partial charge in [-0.05, 0) is 66.2 Å². The lowest BCUT2D eigenvalue weighted by Crippen LogP contribution is -1.99. The lowest BCUT2D eigenvalue weighted by Gasteiger charge is -2.16. The molecule has 242 valence electrons. The Morgan fingerprint density at radius 1 is 0.442 bits per heavy atom. The Balaban J connectivity index is 1.31. The van der Waals surface area contributed by atoms with Gasteiger partial charge >= 0.3 is 0 Å². The molecule has 0 aliphatic carbocycles. The highest BCUT2D eigenvalue weighted by molar-refractivity contribution is 6.26. The summed E-state index contributed by atoms with van der Waals surface area (Å²) in [6.45, 7) is 0. The minimum absolute atomic E-state index is 0.644. The molecule has 0 saturated heterocycles. The summed E-state index contributed by atoms with van der Waals surface area (Å²) >= 11 is 0. The Kier molecular flexibility index (Phi) is 6.84. The summed E-state index contributed by atoms with van der Waals surface area (Å²) in [5, 5.41) is 14.3. The second-order valence-corrected chi connectivity index (χ2v) is 13.1. The van der Waals surface area contributed by atoms with Gasteiger partial charge in [0.2, 0.25) is 0 Å². The first-order chi connectivity index (χ1) is 25.8. The molecule has 0 bridgehead atoms. The van der Waals surface area contributed by atoms with E-state index in [1.54, 1.807) is 0 Å². The van der Waals surface area contributed by atoms with Gasteiger partial charge in [0.05, 0.1) is 50.8 Å². The Labute approximate surface area is 300 Å². The number of para-hydroxylation sites is 3. The number of rotatable bonds is 5. The third kappa shape index (κ3) is 4.65. The number of fused-ring (bicyclic) bond motifs is 7. The van der Waals surface area contributed by atoms with Crippen molar-refractivity contribution in [3.8, 4) is 51.1 Å². The third-order valence-electron chi connectivity index (χ3n) is 10.1. The molecule has 0 atom stereocenters. The number of hydrogen-bond acceptors (Lipinski definition) is 2. The summed E-state index contributed by atoms with van der Waals surface area (Å²) in [6.07, 6.45) is 0. The molecule has 0 amide bonds. The van der Waals surface area contributed by atoms with Crippen LogP contribution in [0.2, 0.25) is 0 Å². The molecule has 3 heterocycles. The van der Waals surface area contributed by atoms with Crippen LogP contribution < -0.4 is 0 Å². The first-order valence-corrected chi connectivity index (χ1v) is 17.5. The molecule has 10 aromatic rings. The Morgan fingerprint density at radius 3 is 1.69 bits per heavy atom. The van der Waals surface area contributed by atoms with E-state index in [4.69, 9.17) is 4.98 Å². The van der Waals surface area contributed by atoms with Crippen LogP contribution >= 0.6 is 0 Å². The highest BCUT2D eigenvalue weighted by Crippen LogP contribution is 2.44. The van der Waals surface area contributed by atoms with Crippen LogP contribution in [-0.4, -0.2) is 14.1 Å². The lowest BCUT2D eigenvalue weighted by atomic mass is 9.98. The predicted octanol–water partition coefficient (Wildman–Crippen LogP) is 12.1. The Hall–Kier alpha value is -7.22. The second kappa shape index (κ2) is 12.0. The first-order valence-electron chi connectivity index (χ1n) is 17.5. The number of nitriles is 1. The zero-order chi connectivity index (χ0) is 34.6. The van der Waals surface area contributed by atoms with Crippen molar-refractivity contribution in [2.24, 2.45) is 0 Å². The van der Waals surface area contributed by atoms with Gasteiger partial charge in [-0.3, -0.25) is 0 Å². The van der Waals surface area contributed by atoms with Crippen molar-refractivity contribution in [3.63, 3.8) is 0 Å². The van der Waals surface area contributed by atoms with Crippen LogP contribution in [0.4, 0.5) is 0 Å². The monoisotopic (exact) mass is 662 g/mol. The van der Waals surface area contributed by atoms with Gasteiger partial charge in [-0.1, -0.05) is 121 Å². The summed E-state index contributed by atoms with van der Waals surface area (Å²) in [4.78, 5) is 5.18. The molecule has 0 fully saturated rings. The molecular formula is C48H30N4. The van der Waals surface area contributed by atoms with Crippen molar-refractivity contribution in [1.82, 2.24) is 14.1 Å². The van der Waals surface area contributed by atoms with Gasteiger partial charge in [-0.15, -0.1) is 0 Å². The fourth-order valence-electron chi connectivity index (χ4n) is 7.83. The van der Waals surface area contributed by atoms with E-state index in [0.29, 0.717) is 5.56 Å². The molecule has 0 radical (unpaired) electrons. The minimum atomic E-state index is 0.644. The molecule has 0 aliphatic rings. The minimum Gasteiger partial charge on any atom is -0.309 e. The Morgan fingerprint density at radius 2 is 1.02 bits per heavy atom. The summed E-state index contributed by atoms with van der Waals surface area (Å²) in [5.41, 5.74) is 13.5. The zero-order valence-electron chi connectivity index (χ0n) is 28.1. The highest BCUT2D eigenvalue weighted by atomic mass is 15.0. The van der Waals surface area contributed by atoms with Crippen LogP contribution in [0.1, 0.15) is 5.56 Å². The molecule has 0 aliphatic heterocycles. The summed E-state index contributed by atoms with van der Waals surface area (Å²) in [6, 6.07) is 66.0. The van der Waals surface area contributed by atoms with Crippen LogP contribution in [0.15, 0.2) is 182 Å². The van der Waals surface area contributed by atoms with E-state index in [0.717, 1.165) is 67.1 Å². The standard InChI is InChI=1S/C48H30N4/c49-31-32-23-25-36(26-24-32)51-45-22-12-9-19-40(45)47-46(51)28-27-39-38-18-8-11-21-44(38)52(48(39)47)43-20-10-7-17-37(43)35-29-41(33-13-3-1-4-14-33)50-42(30-35)34-15-5-2-6-16-34/h1-30H. The van der Waals surface area contributed by atoms with Crippen LogP contribution in [0, 0.1) is 11.3 Å². The number of pyridine rings is 1. The van der Waals surface area contributed by atoms with Crippen LogP contribution in [0.3, 0.4) is 0 Å². The predicted molar refractivity (Wildman–Crippen MR) is 214 cm³/mol. The summed E-state index contributed by atoms with van der Waals surface area (Å²) < 4.78 is 4.78. The van der Waals surface area contributed by atoms with E-state index in [1.165, 1.54) is 21.5 Å². The van der Waals surface area contributed by atoms with Crippen LogP contribution in [0.5, 0.6) is 0 Å². The lowest BCUT2D eigenvalue weighted by molar-refractivity contribution is 1.17. The van der Waals surface area contributed by atoms with Crippen molar-refractivity contribution in [2.75, 3.05) is 0 Å². The van der Waals surface area contributed by atoms with Crippen molar-refractivity contribution >= 4 is 43.6 Å². The third-order valence-corrected chi connectivity index (χ3v) is 10.1. The molecular weight excluding hydrogens is 633 g/mol. The highest BCUT2D eigenvalue weighted by Gasteiger charge is 2.22. The van der Waals surface area contributed by atoms with Gasteiger partial charge in [0.15, 0.2) is 0 Å². The molecule has 0 unspecified atom stereocenters. The molecule has 7 aromatic carbocycles. The molecule has 10 rings (SSSR count). The molecule has 0 spiro atoms. The van der Waals surface area contributed by atoms with Crippen molar-refractivity contribution in [3.05, 3.63) is 188 Å². The topological polar surface area (TPSA) is 46.5 Å². The number of hydrogen-bond donors (Lipinski definition) is 0. The van der Waals surface area contributed by atoms with Gasteiger partial charge in [-0.2, -0.15) is 5.26 Å². The quantitative estimate of drug-likeness (QED) is 0.184.